The molecule has 2 N–H and O–H groups in total. The first-order valence-corrected chi connectivity index (χ1v) is 11.8. The van der Waals surface area contributed by atoms with E-state index in [2.05, 4.69) is 27.9 Å². The molecule has 0 fully saturated rings. The Balaban J connectivity index is 2.16. The first-order valence-electron chi connectivity index (χ1n) is 11.8. The van der Waals surface area contributed by atoms with E-state index in [1.165, 1.54) is 6.92 Å². The number of rotatable bonds is 8. The lowest BCUT2D eigenvalue weighted by molar-refractivity contribution is -0.161. The minimum Gasteiger partial charge on any atom is -0.459 e. The highest BCUT2D eigenvalue weighted by atomic mass is 16.6. The predicted octanol–water partition coefficient (Wildman–Crippen LogP) is 4.02. The summed E-state index contributed by atoms with van der Waals surface area (Å²) < 4.78 is 5.50. The van der Waals surface area contributed by atoms with Crippen molar-refractivity contribution in [3.63, 3.8) is 0 Å². The van der Waals surface area contributed by atoms with Crippen LogP contribution in [-0.4, -0.2) is 47.7 Å². The first-order chi connectivity index (χ1) is 16.2. The molecule has 1 heterocycles. The number of esters is 1. The highest BCUT2D eigenvalue weighted by molar-refractivity contribution is 6.48. The Kier molecular flexibility index (Phi) is 8.82. The van der Waals surface area contributed by atoms with Gasteiger partial charge in [0.1, 0.15) is 16.8 Å². The molecule has 2 rings (SSSR count). The zero-order valence-electron chi connectivity index (χ0n) is 22.2. The fraction of sp³-hybridized carbons (Fsp3) is 0.519. The number of nitrogens with one attached hydrogen (secondary N) is 2. The predicted molar refractivity (Wildman–Crippen MR) is 139 cm³/mol. The molecule has 190 valence electrons. The van der Waals surface area contributed by atoms with Gasteiger partial charge in [-0.1, -0.05) is 6.58 Å². The van der Waals surface area contributed by atoms with E-state index in [1.54, 1.807) is 0 Å². The topological polar surface area (TPSA) is 100 Å². The number of hydrogen-bond acceptors (Lipinski definition) is 7. The van der Waals surface area contributed by atoms with Gasteiger partial charge in [-0.15, -0.1) is 5.73 Å². The second-order valence-electron chi connectivity index (χ2n) is 10.3. The fourth-order valence-electron chi connectivity index (χ4n) is 3.58. The van der Waals surface area contributed by atoms with E-state index >= 15 is 0 Å². The number of benzene rings is 1. The minimum atomic E-state index is -0.809. The van der Waals surface area contributed by atoms with Crippen LogP contribution in [0.1, 0.15) is 65.5 Å². The molecular weight excluding hydrogens is 444 g/mol. The molecule has 0 aromatic heterocycles. The van der Waals surface area contributed by atoms with Gasteiger partial charge in [-0.05, 0) is 91.1 Å². The van der Waals surface area contributed by atoms with Crippen LogP contribution < -0.4 is 15.5 Å². The number of anilines is 1. The Hall–Kier alpha value is -3.22. The number of unbranched alkanes of at least 4 members (excludes halogenated alkanes) is 1. The molecule has 0 aliphatic carbocycles. The van der Waals surface area contributed by atoms with Crippen LogP contribution in [0.2, 0.25) is 0 Å². The minimum absolute atomic E-state index is 0.107. The maximum atomic E-state index is 12.7. The van der Waals surface area contributed by atoms with Crippen LogP contribution >= 0.6 is 0 Å². The van der Waals surface area contributed by atoms with Crippen molar-refractivity contribution in [3.05, 3.63) is 41.3 Å². The second-order valence-corrected chi connectivity index (χ2v) is 10.3. The van der Waals surface area contributed by atoms with Gasteiger partial charge in [-0.3, -0.25) is 19.7 Å². The van der Waals surface area contributed by atoms with E-state index in [4.69, 9.17) is 4.74 Å². The van der Waals surface area contributed by atoms with Gasteiger partial charge >= 0.3 is 5.97 Å². The van der Waals surface area contributed by atoms with Crippen molar-refractivity contribution in [2.75, 3.05) is 18.0 Å². The molecule has 8 nitrogen and oxygen atoms in total. The molecule has 35 heavy (non-hydrogen) atoms. The largest absolute Gasteiger partial charge is 0.459 e. The summed E-state index contributed by atoms with van der Waals surface area (Å²) in [4.78, 5) is 43.1. The third kappa shape index (κ3) is 7.38. The van der Waals surface area contributed by atoms with Crippen LogP contribution in [0, 0.1) is 13.8 Å². The van der Waals surface area contributed by atoms with Crippen LogP contribution in [0.5, 0.6) is 0 Å². The Morgan fingerprint density at radius 1 is 1.09 bits per heavy atom. The van der Waals surface area contributed by atoms with Gasteiger partial charge in [0.15, 0.2) is 5.71 Å². The molecule has 0 saturated heterocycles. The van der Waals surface area contributed by atoms with Crippen molar-refractivity contribution in [3.8, 4) is 0 Å². The maximum Gasteiger partial charge on any atom is 0.326 e. The third-order valence-electron chi connectivity index (χ3n) is 5.56. The van der Waals surface area contributed by atoms with Crippen LogP contribution in [-0.2, 0) is 19.1 Å². The number of fused-ring (bicyclic) bond motifs is 1. The summed E-state index contributed by atoms with van der Waals surface area (Å²) in [5.74, 6) is -1.34. The quantitative estimate of drug-likeness (QED) is 0.330. The summed E-state index contributed by atoms with van der Waals surface area (Å²) in [6, 6.07) is 3.97. The number of carbonyl (C=O) groups is 3. The van der Waals surface area contributed by atoms with E-state index < -0.39 is 23.0 Å². The molecule has 0 bridgehead atoms. The van der Waals surface area contributed by atoms with Gasteiger partial charge in [-0.2, -0.15) is 0 Å². The third-order valence-corrected chi connectivity index (χ3v) is 5.56. The number of aliphatic imine (C=N–C) groups is 1. The van der Waals surface area contributed by atoms with Crippen molar-refractivity contribution in [2.24, 2.45) is 4.99 Å². The average molecular weight is 483 g/mol. The van der Waals surface area contributed by atoms with Crippen molar-refractivity contribution >= 4 is 34.9 Å². The number of amides is 2. The summed E-state index contributed by atoms with van der Waals surface area (Å²) in [6.45, 7) is 19.4. The molecule has 1 aliphatic heterocycles. The van der Waals surface area contributed by atoms with E-state index in [0.29, 0.717) is 24.5 Å². The van der Waals surface area contributed by atoms with Crippen LogP contribution in [0.3, 0.4) is 0 Å². The molecule has 1 aromatic carbocycles. The summed E-state index contributed by atoms with van der Waals surface area (Å²) >= 11 is 0. The summed E-state index contributed by atoms with van der Waals surface area (Å²) in [7, 11) is 0. The van der Waals surface area contributed by atoms with Gasteiger partial charge in [-0.25, -0.2) is 4.99 Å². The molecule has 0 spiro atoms. The van der Waals surface area contributed by atoms with Crippen LogP contribution in [0.4, 0.5) is 11.4 Å². The van der Waals surface area contributed by atoms with Crippen molar-refractivity contribution in [2.45, 2.75) is 79.4 Å². The Labute approximate surface area is 208 Å². The molecule has 0 unspecified atom stereocenters. The average Bonchev–Trinajstić information content (AvgIpc) is 2.72. The molecule has 0 saturated carbocycles. The molecule has 0 atom stereocenters. The Morgan fingerprint density at radius 2 is 1.71 bits per heavy atom. The van der Waals surface area contributed by atoms with E-state index in [9.17, 15) is 14.4 Å². The Bertz CT molecular complexity index is 1090. The lowest BCUT2D eigenvalue weighted by atomic mass is 10.0. The lowest BCUT2D eigenvalue weighted by Gasteiger charge is -2.32. The molecule has 8 heteroatoms. The van der Waals surface area contributed by atoms with Gasteiger partial charge in [0.25, 0.3) is 5.91 Å². The normalized spacial score (nSPS) is 13.5. The standard InChI is InChI=1S/C27H38N4O4/c1-10-21-23(24(33)29-19(4)32)30-20-15-17(2)18(3)16-22(20)31(21)14-12-11-13-28-27(8,9)25(34)35-26(5,6)7/h15-16,28H,1,11-14H2,2-9H3,(H,29,32,33). The highest BCUT2D eigenvalue weighted by Crippen LogP contribution is 2.38. The monoisotopic (exact) mass is 482 g/mol. The van der Waals surface area contributed by atoms with E-state index in [1.807, 2.05) is 65.5 Å². The zero-order valence-corrected chi connectivity index (χ0v) is 22.2. The van der Waals surface area contributed by atoms with Gasteiger partial charge < -0.3 is 15.0 Å². The zero-order chi connectivity index (χ0) is 26.6. The fourth-order valence-corrected chi connectivity index (χ4v) is 3.58. The molecular formula is C27H38N4O4. The number of hydrogen-bond donors (Lipinski definition) is 2. The van der Waals surface area contributed by atoms with Gasteiger partial charge in [0.05, 0.1) is 11.4 Å². The van der Waals surface area contributed by atoms with Gasteiger partial charge in [0, 0.05) is 13.5 Å². The summed E-state index contributed by atoms with van der Waals surface area (Å²) in [6.07, 6.45) is 1.54. The smallest absolute Gasteiger partial charge is 0.326 e. The van der Waals surface area contributed by atoms with E-state index in [-0.39, 0.29) is 11.7 Å². The van der Waals surface area contributed by atoms with Crippen LogP contribution in [0.25, 0.3) is 0 Å². The van der Waals surface area contributed by atoms with E-state index in [0.717, 1.165) is 29.7 Å². The molecule has 2 amide bonds. The molecule has 0 radical (unpaired) electrons. The van der Waals surface area contributed by atoms with Crippen LogP contribution in [0.15, 0.2) is 35.1 Å². The second kappa shape index (κ2) is 11.0. The van der Waals surface area contributed by atoms with Crippen molar-refractivity contribution in [1.29, 1.82) is 0 Å². The SMILES string of the molecule is C=C=C1C(C(=O)NC(C)=O)=Nc2cc(C)c(C)cc2N1CCCCNC(C)(C)C(=O)OC(C)(C)C. The summed E-state index contributed by atoms with van der Waals surface area (Å²) in [5, 5.41) is 5.57. The number of carbonyl (C=O) groups excluding carboxylic acids is 3. The number of imide groups is 1. The maximum absolute atomic E-state index is 12.7. The number of nitrogens with zero attached hydrogens (tertiary/aromatic N) is 2. The molecule has 1 aromatic rings. The van der Waals surface area contributed by atoms with Gasteiger partial charge in [0.2, 0.25) is 5.91 Å². The first kappa shape index (κ1) is 28.0. The Morgan fingerprint density at radius 3 is 2.29 bits per heavy atom. The number of ether oxygens (including phenoxy) is 1. The van der Waals surface area contributed by atoms with Crippen molar-refractivity contribution in [1.82, 2.24) is 10.6 Å². The summed E-state index contributed by atoms with van der Waals surface area (Å²) in [5.41, 5.74) is 5.71. The molecule has 1 aliphatic rings. The number of aryl methyl sites for hydroxylation is 2. The highest BCUT2D eigenvalue weighted by Gasteiger charge is 2.32. The lowest BCUT2D eigenvalue weighted by Crippen LogP contribution is -2.50. The van der Waals surface area contributed by atoms with Crippen molar-refractivity contribution < 1.29 is 19.1 Å².